The van der Waals surface area contributed by atoms with Crippen LogP contribution >= 0.6 is 15.9 Å². The van der Waals surface area contributed by atoms with Crippen molar-refractivity contribution in [2.24, 2.45) is 0 Å². The number of hydrogen-bond acceptors (Lipinski definition) is 2. The van der Waals surface area contributed by atoms with Crippen molar-refractivity contribution >= 4 is 15.9 Å². The summed E-state index contributed by atoms with van der Waals surface area (Å²) in [6.07, 6.45) is 0.950. The molecule has 112 valence electrons. The Hall–Kier alpha value is -1.23. The summed E-state index contributed by atoms with van der Waals surface area (Å²) in [6.45, 7) is 2.98. The van der Waals surface area contributed by atoms with Crippen LogP contribution in [0.15, 0.2) is 53.0 Å². The normalized spacial score (nSPS) is 10.8. The summed E-state index contributed by atoms with van der Waals surface area (Å²) in [5.74, 6) is -0.240. The Morgan fingerprint density at radius 2 is 1.90 bits per heavy atom. The van der Waals surface area contributed by atoms with E-state index in [1.165, 1.54) is 17.7 Å². The summed E-state index contributed by atoms with van der Waals surface area (Å²) in [5, 5.41) is 3.38. The van der Waals surface area contributed by atoms with E-state index in [1.54, 1.807) is 6.07 Å². The minimum atomic E-state index is -0.240. The smallest absolute Gasteiger partial charge is 0.124 e. The maximum atomic E-state index is 12.9. The van der Waals surface area contributed by atoms with Crippen molar-refractivity contribution in [3.63, 3.8) is 0 Å². The summed E-state index contributed by atoms with van der Waals surface area (Å²) in [6, 6.07) is 15.0. The van der Waals surface area contributed by atoms with E-state index in [0.717, 1.165) is 29.5 Å². The van der Waals surface area contributed by atoms with Gasteiger partial charge >= 0.3 is 0 Å². The fourth-order valence-electron chi connectivity index (χ4n) is 1.95. The Labute approximate surface area is 133 Å². The zero-order valence-electron chi connectivity index (χ0n) is 11.8. The zero-order chi connectivity index (χ0) is 14.9. The molecule has 0 atom stereocenters. The molecule has 4 heteroatoms. The van der Waals surface area contributed by atoms with Crippen molar-refractivity contribution in [2.75, 3.05) is 13.2 Å². The predicted octanol–water partition coefficient (Wildman–Crippen LogP) is 4.28. The van der Waals surface area contributed by atoms with E-state index >= 15 is 0 Å². The Kier molecular flexibility index (Phi) is 6.86. The van der Waals surface area contributed by atoms with E-state index in [9.17, 15) is 4.39 Å². The van der Waals surface area contributed by atoms with Crippen LogP contribution in [0.1, 0.15) is 17.5 Å². The van der Waals surface area contributed by atoms with Gasteiger partial charge in [0, 0.05) is 17.6 Å². The minimum Gasteiger partial charge on any atom is -0.377 e. The molecule has 2 rings (SSSR count). The lowest BCUT2D eigenvalue weighted by atomic mass is 10.2. The third-order valence-electron chi connectivity index (χ3n) is 3.09. The highest BCUT2D eigenvalue weighted by atomic mass is 79.9. The first-order chi connectivity index (χ1) is 10.3. The molecule has 0 bridgehead atoms. The molecule has 0 fully saturated rings. The van der Waals surface area contributed by atoms with Crippen molar-refractivity contribution in [2.45, 2.75) is 19.6 Å². The van der Waals surface area contributed by atoms with Crippen LogP contribution < -0.4 is 5.32 Å². The molecule has 0 aromatic heterocycles. The van der Waals surface area contributed by atoms with Gasteiger partial charge in [-0.1, -0.05) is 52.3 Å². The lowest BCUT2D eigenvalue weighted by Gasteiger charge is -2.07. The summed E-state index contributed by atoms with van der Waals surface area (Å²) in [7, 11) is 0. The van der Waals surface area contributed by atoms with Gasteiger partial charge in [0.2, 0.25) is 0 Å². The molecule has 0 spiro atoms. The fraction of sp³-hybridized carbons (Fsp3) is 0.294. The third kappa shape index (κ3) is 5.96. The highest BCUT2D eigenvalue weighted by Gasteiger charge is 2.01. The van der Waals surface area contributed by atoms with E-state index in [4.69, 9.17) is 4.74 Å². The second-order valence-corrected chi connectivity index (χ2v) is 5.66. The van der Waals surface area contributed by atoms with Gasteiger partial charge in [0.1, 0.15) is 5.82 Å². The molecule has 0 aliphatic rings. The highest BCUT2D eigenvalue weighted by Crippen LogP contribution is 2.18. The summed E-state index contributed by atoms with van der Waals surface area (Å²) in [5.41, 5.74) is 2.25. The maximum Gasteiger partial charge on any atom is 0.124 e. The first-order valence-electron chi connectivity index (χ1n) is 7.02. The monoisotopic (exact) mass is 351 g/mol. The Morgan fingerprint density at radius 3 is 2.67 bits per heavy atom. The average molecular weight is 352 g/mol. The molecule has 2 aromatic carbocycles. The SMILES string of the molecule is Fc1ccc(COCCCNCc2ccccc2)c(Br)c1. The molecule has 1 N–H and O–H groups in total. The molecule has 2 aromatic rings. The van der Waals surface area contributed by atoms with E-state index < -0.39 is 0 Å². The molecule has 0 saturated carbocycles. The first kappa shape index (κ1) is 16.1. The number of ether oxygens (including phenoxy) is 1. The Bertz CT molecular complexity index is 548. The van der Waals surface area contributed by atoms with Crippen LogP contribution in [0.25, 0.3) is 0 Å². The quantitative estimate of drug-likeness (QED) is 0.716. The number of halogens is 2. The van der Waals surface area contributed by atoms with Gasteiger partial charge in [-0.05, 0) is 36.2 Å². The molecule has 0 unspecified atom stereocenters. The van der Waals surface area contributed by atoms with Gasteiger partial charge < -0.3 is 10.1 Å². The molecular weight excluding hydrogens is 333 g/mol. The maximum absolute atomic E-state index is 12.9. The lowest BCUT2D eigenvalue weighted by Crippen LogP contribution is -2.16. The number of hydrogen-bond donors (Lipinski definition) is 1. The lowest BCUT2D eigenvalue weighted by molar-refractivity contribution is 0.118. The van der Waals surface area contributed by atoms with Crippen LogP contribution in [-0.2, 0) is 17.9 Å². The number of rotatable bonds is 8. The minimum absolute atomic E-state index is 0.240. The molecule has 0 aliphatic carbocycles. The standard InChI is InChI=1S/C17H19BrFNO/c18-17-11-16(19)8-7-15(17)13-21-10-4-9-20-12-14-5-2-1-3-6-14/h1-3,5-8,11,20H,4,9-10,12-13H2. The topological polar surface area (TPSA) is 21.3 Å². The molecule has 21 heavy (non-hydrogen) atoms. The average Bonchev–Trinajstić information content (AvgIpc) is 2.49. The molecule has 0 amide bonds. The second kappa shape index (κ2) is 8.93. The van der Waals surface area contributed by atoms with Gasteiger partial charge in [-0.2, -0.15) is 0 Å². The van der Waals surface area contributed by atoms with Gasteiger partial charge in [-0.15, -0.1) is 0 Å². The third-order valence-corrected chi connectivity index (χ3v) is 3.83. The number of benzene rings is 2. The van der Waals surface area contributed by atoms with Gasteiger partial charge in [0.25, 0.3) is 0 Å². The first-order valence-corrected chi connectivity index (χ1v) is 7.81. The molecule has 2 nitrogen and oxygen atoms in total. The van der Waals surface area contributed by atoms with E-state index in [1.807, 2.05) is 18.2 Å². The molecular formula is C17H19BrFNO. The van der Waals surface area contributed by atoms with Gasteiger partial charge in [-0.25, -0.2) is 4.39 Å². The zero-order valence-corrected chi connectivity index (χ0v) is 13.4. The molecule has 0 radical (unpaired) electrons. The van der Waals surface area contributed by atoms with E-state index in [2.05, 4.69) is 33.4 Å². The van der Waals surface area contributed by atoms with Crippen molar-refractivity contribution in [1.29, 1.82) is 0 Å². The largest absolute Gasteiger partial charge is 0.377 e. The molecule has 0 heterocycles. The summed E-state index contributed by atoms with van der Waals surface area (Å²) >= 11 is 3.33. The van der Waals surface area contributed by atoms with Gasteiger partial charge in [0.15, 0.2) is 0 Å². The van der Waals surface area contributed by atoms with E-state index in [0.29, 0.717) is 13.2 Å². The summed E-state index contributed by atoms with van der Waals surface area (Å²) in [4.78, 5) is 0. The van der Waals surface area contributed by atoms with E-state index in [-0.39, 0.29) is 5.82 Å². The Morgan fingerprint density at radius 1 is 1.10 bits per heavy atom. The summed E-state index contributed by atoms with van der Waals surface area (Å²) < 4.78 is 19.3. The fourth-order valence-corrected chi connectivity index (χ4v) is 2.41. The molecule has 0 aliphatic heterocycles. The number of nitrogens with one attached hydrogen (secondary N) is 1. The van der Waals surface area contributed by atoms with Crippen molar-refractivity contribution in [1.82, 2.24) is 5.32 Å². The van der Waals surface area contributed by atoms with Crippen LogP contribution in [0.2, 0.25) is 0 Å². The van der Waals surface area contributed by atoms with Crippen LogP contribution in [-0.4, -0.2) is 13.2 Å². The van der Waals surface area contributed by atoms with Crippen LogP contribution in [0.4, 0.5) is 4.39 Å². The van der Waals surface area contributed by atoms with Gasteiger partial charge in [-0.3, -0.25) is 0 Å². The van der Waals surface area contributed by atoms with Crippen LogP contribution in [0.5, 0.6) is 0 Å². The van der Waals surface area contributed by atoms with Crippen molar-refractivity contribution in [3.8, 4) is 0 Å². The molecule has 0 saturated heterocycles. The van der Waals surface area contributed by atoms with Gasteiger partial charge in [0.05, 0.1) is 6.61 Å². The second-order valence-electron chi connectivity index (χ2n) is 4.80. The van der Waals surface area contributed by atoms with Crippen LogP contribution in [0.3, 0.4) is 0 Å². The van der Waals surface area contributed by atoms with Crippen molar-refractivity contribution in [3.05, 3.63) is 69.9 Å². The highest BCUT2D eigenvalue weighted by molar-refractivity contribution is 9.10. The predicted molar refractivity (Wildman–Crippen MR) is 86.5 cm³/mol. The Balaban J connectivity index is 1.56. The van der Waals surface area contributed by atoms with Crippen LogP contribution in [0, 0.1) is 5.82 Å². The van der Waals surface area contributed by atoms with Crippen molar-refractivity contribution < 1.29 is 9.13 Å².